The molecule has 2 N–H and O–H groups in total. The van der Waals surface area contributed by atoms with E-state index in [0.717, 1.165) is 9.92 Å². The minimum Gasteiger partial charge on any atom is -0.342 e. The van der Waals surface area contributed by atoms with Gasteiger partial charge >= 0.3 is 0 Å². The Morgan fingerprint density at radius 3 is 2.70 bits per heavy atom. The topological polar surface area (TPSA) is 96.7 Å². The van der Waals surface area contributed by atoms with Crippen LogP contribution in [-0.2, 0) is 0 Å². The Morgan fingerprint density at radius 1 is 1.15 bits per heavy atom. The zero-order valence-electron chi connectivity index (χ0n) is 13.7. The summed E-state index contributed by atoms with van der Waals surface area (Å²) in [6.45, 7) is 0. The average Bonchev–Trinajstić information content (AvgIpc) is 3.35. The Balaban J connectivity index is 1.42. The van der Waals surface area contributed by atoms with E-state index in [0.29, 0.717) is 27.8 Å². The summed E-state index contributed by atoms with van der Waals surface area (Å²) >= 11 is 7.52. The number of nitrogens with one attached hydrogen (secondary N) is 2. The van der Waals surface area contributed by atoms with Crippen molar-refractivity contribution in [2.75, 3.05) is 5.32 Å². The first-order valence-corrected chi connectivity index (χ1v) is 9.04. The number of hydrogen-bond acceptors (Lipinski definition) is 6. The first kappa shape index (κ1) is 17.3. The van der Waals surface area contributed by atoms with Gasteiger partial charge in [-0.25, -0.2) is 0 Å². The lowest BCUT2D eigenvalue weighted by atomic mass is 10.2. The molecule has 27 heavy (non-hydrogen) atoms. The number of aromatic nitrogens is 4. The van der Waals surface area contributed by atoms with Crippen molar-refractivity contribution in [1.82, 2.24) is 20.3 Å². The van der Waals surface area contributed by atoms with E-state index in [2.05, 4.69) is 25.7 Å². The van der Waals surface area contributed by atoms with Gasteiger partial charge in [-0.15, -0.1) is 0 Å². The van der Waals surface area contributed by atoms with E-state index in [1.54, 1.807) is 24.3 Å². The maximum atomic E-state index is 12.3. The number of H-pyrrole nitrogens is 1. The third-order valence-corrected chi connectivity index (χ3v) is 4.87. The van der Waals surface area contributed by atoms with Crippen molar-refractivity contribution >= 4 is 35.0 Å². The first-order chi connectivity index (χ1) is 13.2. The average molecular weight is 398 g/mol. The fourth-order valence-corrected chi connectivity index (χ4v) is 3.33. The monoisotopic (exact) mass is 397 g/mol. The number of rotatable bonds is 5. The number of amides is 1. The number of hydrogen-bond donors (Lipinski definition) is 2. The minimum atomic E-state index is -0.252. The summed E-state index contributed by atoms with van der Waals surface area (Å²) in [4.78, 5) is 17.2. The van der Waals surface area contributed by atoms with Crippen molar-refractivity contribution in [3.63, 3.8) is 0 Å². The van der Waals surface area contributed by atoms with Crippen LogP contribution in [0, 0.1) is 0 Å². The lowest BCUT2D eigenvalue weighted by Gasteiger charge is -2.07. The summed E-state index contributed by atoms with van der Waals surface area (Å²) in [6.07, 6.45) is 1.26. The lowest BCUT2D eigenvalue weighted by Crippen LogP contribution is -2.12. The second-order valence-electron chi connectivity index (χ2n) is 5.44. The molecule has 0 saturated heterocycles. The van der Waals surface area contributed by atoms with Crippen molar-refractivity contribution < 1.29 is 9.32 Å². The highest BCUT2D eigenvalue weighted by Gasteiger charge is 2.11. The Morgan fingerprint density at radius 2 is 1.96 bits per heavy atom. The van der Waals surface area contributed by atoms with Crippen LogP contribution < -0.4 is 5.32 Å². The number of carbonyl (C=O) groups excluding carboxylic acids is 1. The molecule has 0 spiro atoms. The number of benzene rings is 2. The van der Waals surface area contributed by atoms with Gasteiger partial charge in [-0.1, -0.05) is 40.7 Å². The molecule has 0 aliphatic heterocycles. The molecular formula is C18H12ClN5O2S. The van der Waals surface area contributed by atoms with Crippen LogP contribution in [0.4, 0.5) is 5.69 Å². The van der Waals surface area contributed by atoms with Gasteiger partial charge in [0.25, 0.3) is 5.91 Å². The lowest BCUT2D eigenvalue weighted by molar-refractivity contribution is 0.102. The highest BCUT2D eigenvalue weighted by molar-refractivity contribution is 7.99. The molecule has 4 rings (SSSR count). The molecule has 7 nitrogen and oxygen atoms in total. The van der Waals surface area contributed by atoms with E-state index in [9.17, 15) is 4.79 Å². The molecule has 1 amide bonds. The molecule has 0 unspecified atom stereocenters. The second-order valence-corrected chi connectivity index (χ2v) is 6.94. The number of anilines is 1. The summed E-state index contributed by atoms with van der Waals surface area (Å²) < 4.78 is 4.72. The summed E-state index contributed by atoms with van der Waals surface area (Å²) in [5.41, 5.74) is 1.79. The summed E-state index contributed by atoms with van der Waals surface area (Å²) in [7, 11) is 0. The van der Waals surface area contributed by atoms with Crippen LogP contribution in [-0.4, -0.2) is 26.2 Å². The van der Waals surface area contributed by atoms with Gasteiger partial charge in [0.15, 0.2) is 0 Å². The maximum Gasteiger partial charge on any atom is 0.257 e. The molecule has 0 aliphatic carbocycles. The number of carbonyl (C=O) groups is 1. The molecule has 0 atom stereocenters. The van der Waals surface area contributed by atoms with Crippen molar-refractivity contribution in [2.24, 2.45) is 0 Å². The molecule has 0 aliphatic rings. The molecule has 0 saturated carbocycles. The zero-order valence-corrected chi connectivity index (χ0v) is 15.3. The largest absolute Gasteiger partial charge is 0.342 e. The van der Waals surface area contributed by atoms with Crippen LogP contribution >= 0.6 is 23.4 Å². The Labute approximate surface area is 163 Å². The van der Waals surface area contributed by atoms with Crippen LogP contribution in [0.2, 0.25) is 5.02 Å². The van der Waals surface area contributed by atoms with Gasteiger partial charge in [0, 0.05) is 16.6 Å². The molecule has 2 aromatic heterocycles. The van der Waals surface area contributed by atoms with Gasteiger partial charge in [0.1, 0.15) is 10.7 Å². The molecule has 4 aromatic rings. The molecule has 134 valence electrons. The first-order valence-electron chi connectivity index (χ1n) is 7.85. The van der Waals surface area contributed by atoms with E-state index in [1.807, 2.05) is 30.3 Å². The molecule has 9 heteroatoms. The molecule has 2 aromatic carbocycles. The van der Waals surface area contributed by atoms with Gasteiger partial charge in [0.05, 0.1) is 10.6 Å². The minimum absolute atomic E-state index is 0.252. The smallest absolute Gasteiger partial charge is 0.257 e. The molecular weight excluding hydrogens is 386 g/mol. The van der Waals surface area contributed by atoms with Crippen molar-refractivity contribution in [3.8, 4) is 11.5 Å². The van der Waals surface area contributed by atoms with Crippen molar-refractivity contribution in [1.29, 1.82) is 0 Å². The Kier molecular flexibility index (Phi) is 4.91. The predicted molar refractivity (Wildman–Crippen MR) is 102 cm³/mol. The third-order valence-electron chi connectivity index (χ3n) is 3.61. The van der Waals surface area contributed by atoms with Gasteiger partial charge in [-0.2, -0.15) is 10.1 Å². The maximum absolute atomic E-state index is 12.3. The van der Waals surface area contributed by atoms with Crippen LogP contribution in [0.15, 0.2) is 75.4 Å². The molecule has 0 fully saturated rings. The van der Waals surface area contributed by atoms with E-state index in [1.165, 1.54) is 18.2 Å². The van der Waals surface area contributed by atoms with Crippen molar-refractivity contribution in [3.05, 3.63) is 71.6 Å². The summed E-state index contributed by atoms with van der Waals surface area (Å²) in [5.74, 6) is 0.199. The van der Waals surface area contributed by atoms with Crippen LogP contribution in [0.5, 0.6) is 0 Å². The highest BCUT2D eigenvalue weighted by Crippen LogP contribution is 2.29. The van der Waals surface area contributed by atoms with Gasteiger partial charge in [0.2, 0.25) is 12.2 Å². The normalized spacial score (nSPS) is 10.7. The van der Waals surface area contributed by atoms with E-state index in [-0.39, 0.29) is 5.91 Å². The number of halogens is 1. The second kappa shape index (κ2) is 7.65. The fraction of sp³-hybridized carbons (Fsp3) is 0. The van der Waals surface area contributed by atoms with Gasteiger partial charge in [-0.3, -0.25) is 9.89 Å². The highest BCUT2D eigenvalue weighted by atomic mass is 35.5. The number of nitrogens with zero attached hydrogens (tertiary/aromatic N) is 3. The number of aromatic amines is 1. The van der Waals surface area contributed by atoms with Gasteiger partial charge in [-0.05, 0) is 36.4 Å². The van der Waals surface area contributed by atoms with E-state index in [4.69, 9.17) is 16.1 Å². The fourth-order valence-electron chi connectivity index (χ4n) is 2.33. The van der Waals surface area contributed by atoms with Crippen LogP contribution in [0.3, 0.4) is 0 Å². The quantitative estimate of drug-likeness (QED) is 0.514. The zero-order chi connectivity index (χ0) is 18.6. The molecule has 0 bridgehead atoms. The summed E-state index contributed by atoms with van der Waals surface area (Å²) in [6, 6.07) is 16.2. The molecule has 2 heterocycles. The van der Waals surface area contributed by atoms with Crippen LogP contribution in [0.25, 0.3) is 11.5 Å². The standard InChI is InChI=1S/C18H12ClN5O2S/c19-14-4-2-1-3-13(14)18(25)21-11-5-7-12(8-6-11)27-16-9-15(22-23-16)17-20-10-26-24-17/h1-10H,(H,21,25)(H,22,23). The molecule has 0 radical (unpaired) electrons. The Hall–Kier alpha value is -3.10. The van der Waals surface area contributed by atoms with Crippen molar-refractivity contribution in [2.45, 2.75) is 9.92 Å². The third kappa shape index (κ3) is 4.02. The van der Waals surface area contributed by atoms with E-state index >= 15 is 0 Å². The summed E-state index contributed by atoms with van der Waals surface area (Å²) in [5, 5.41) is 14.9. The van der Waals surface area contributed by atoms with E-state index < -0.39 is 0 Å². The SMILES string of the molecule is O=C(Nc1ccc(Sc2cc(-c3ncon3)[nH]n2)cc1)c1ccccc1Cl. The van der Waals surface area contributed by atoms with Gasteiger partial charge < -0.3 is 9.84 Å². The Bertz CT molecular complexity index is 1060. The van der Waals surface area contributed by atoms with Crippen LogP contribution in [0.1, 0.15) is 10.4 Å². The predicted octanol–water partition coefficient (Wildman–Crippen LogP) is 4.52.